The third-order valence-corrected chi connectivity index (χ3v) is 3.92. The van der Waals surface area contributed by atoms with Crippen LogP contribution in [0, 0.1) is 0 Å². The van der Waals surface area contributed by atoms with Crippen LogP contribution in [-0.2, 0) is 6.42 Å². The molecular formula is C20H27NO. The summed E-state index contributed by atoms with van der Waals surface area (Å²) in [6.45, 7) is 7.52. The topological polar surface area (TPSA) is 12.5 Å². The van der Waals surface area contributed by atoms with E-state index >= 15 is 0 Å². The highest BCUT2D eigenvalue weighted by Gasteiger charge is 2.15. The molecule has 2 aromatic rings. The second-order valence-corrected chi connectivity index (χ2v) is 5.60. The minimum Gasteiger partial charge on any atom is -0.471 e. The summed E-state index contributed by atoms with van der Waals surface area (Å²) >= 11 is 0. The molecular weight excluding hydrogens is 270 g/mol. The Hall–Kier alpha value is -1.96. The molecule has 2 rings (SSSR count). The second-order valence-electron chi connectivity index (χ2n) is 5.60. The van der Waals surface area contributed by atoms with Crippen LogP contribution in [0.4, 0.5) is 5.69 Å². The van der Waals surface area contributed by atoms with E-state index in [9.17, 15) is 0 Å². The van der Waals surface area contributed by atoms with Gasteiger partial charge in [-0.3, -0.25) is 0 Å². The fraction of sp³-hybridized carbons (Fsp3) is 0.400. The third kappa shape index (κ3) is 4.52. The van der Waals surface area contributed by atoms with Gasteiger partial charge in [-0.1, -0.05) is 50.6 Å². The molecule has 1 unspecified atom stereocenters. The van der Waals surface area contributed by atoms with Gasteiger partial charge in [0.1, 0.15) is 5.75 Å². The summed E-state index contributed by atoms with van der Waals surface area (Å²) in [7, 11) is 0. The number of nitrogens with zero attached hydrogens (tertiary/aromatic N) is 1. The van der Waals surface area contributed by atoms with E-state index in [-0.39, 0.29) is 6.23 Å². The number of aryl methyl sites for hydroxylation is 1. The lowest BCUT2D eigenvalue weighted by molar-refractivity contribution is 0.214. The molecule has 2 heteroatoms. The number of hydrogen-bond donors (Lipinski definition) is 0. The van der Waals surface area contributed by atoms with Crippen LogP contribution < -0.4 is 9.64 Å². The van der Waals surface area contributed by atoms with Crippen molar-refractivity contribution in [1.29, 1.82) is 0 Å². The van der Waals surface area contributed by atoms with Gasteiger partial charge in [0.15, 0.2) is 6.23 Å². The Morgan fingerprint density at radius 3 is 2.23 bits per heavy atom. The minimum absolute atomic E-state index is 0.0152. The van der Waals surface area contributed by atoms with Gasteiger partial charge >= 0.3 is 0 Å². The number of hydrogen-bond acceptors (Lipinski definition) is 2. The molecule has 0 radical (unpaired) electrons. The Balaban J connectivity index is 2.08. The SMILES string of the molecule is CCCCN(c1ccccc1)C(C)Oc1ccc(CC)cc1. The lowest BCUT2D eigenvalue weighted by Crippen LogP contribution is -2.38. The van der Waals surface area contributed by atoms with E-state index in [1.807, 2.05) is 0 Å². The van der Waals surface area contributed by atoms with Gasteiger partial charge in [0, 0.05) is 12.2 Å². The van der Waals surface area contributed by atoms with Gasteiger partial charge in [-0.05, 0) is 49.6 Å². The highest BCUT2D eigenvalue weighted by atomic mass is 16.5. The van der Waals surface area contributed by atoms with Gasteiger partial charge in [0.2, 0.25) is 0 Å². The van der Waals surface area contributed by atoms with Gasteiger partial charge in [-0.25, -0.2) is 0 Å². The fourth-order valence-corrected chi connectivity index (χ4v) is 2.53. The molecule has 0 aliphatic heterocycles. The van der Waals surface area contributed by atoms with Gasteiger partial charge < -0.3 is 9.64 Å². The van der Waals surface area contributed by atoms with Gasteiger partial charge in [-0.2, -0.15) is 0 Å². The van der Waals surface area contributed by atoms with Crippen LogP contribution in [0.15, 0.2) is 54.6 Å². The van der Waals surface area contributed by atoms with Gasteiger partial charge in [-0.15, -0.1) is 0 Å². The average molecular weight is 297 g/mol. The molecule has 1 atom stereocenters. The lowest BCUT2D eigenvalue weighted by Gasteiger charge is -2.31. The number of ether oxygens (including phenoxy) is 1. The molecule has 0 heterocycles. The molecule has 0 N–H and O–H groups in total. The molecule has 0 fully saturated rings. The molecule has 22 heavy (non-hydrogen) atoms. The van der Waals surface area contributed by atoms with Crippen LogP contribution in [0.25, 0.3) is 0 Å². The zero-order chi connectivity index (χ0) is 15.8. The van der Waals surface area contributed by atoms with Crippen LogP contribution in [0.1, 0.15) is 39.2 Å². The van der Waals surface area contributed by atoms with Crippen molar-refractivity contribution in [2.45, 2.75) is 46.3 Å². The van der Waals surface area contributed by atoms with Crippen molar-refractivity contribution in [1.82, 2.24) is 0 Å². The summed E-state index contributed by atoms with van der Waals surface area (Å²) in [5.74, 6) is 0.933. The van der Waals surface area contributed by atoms with E-state index in [4.69, 9.17) is 4.74 Å². The molecule has 0 aromatic heterocycles. The average Bonchev–Trinajstić information content (AvgIpc) is 2.57. The van der Waals surface area contributed by atoms with Crippen molar-refractivity contribution in [2.24, 2.45) is 0 Å². The van der Waals surface area contributed by atoms with Crippen molar-refractivity contribution in [3.63, 3.8) is 0 Å². The lowest BCUT2D eigenvalue weighted by atomic mass is 10.2. The monoisotopic (exact) mass is 297 g/mol. The predicted molar refractivity (Wildman–Crippen MR) is 94.6 cm³/mol. The predicted octanol–water partition coefficient (Wildman–Crippen LogP) is 5.28. The third-order valence-electron chi connectivity index (χ3n) is 3.92. The Labute approximate surface area is 134 Å². The van der Waals surface area contributed by atoms with Crippen LogP contribution in [0.2, 0.25) is 0 Å². The normalized spacial score (nSPS) is 12.0. The molecule has 2 aromatic carbocycles. The largest absolute Gasteiger partial charge is 0.471 e. The van der Waals surface area contributed by atoms with Crippen molar-refractivity contribution >= 4 is 5.69 Å². The number of unbranched alkanes of at least 4 members (excludes halogenated alkanes) is 1. The summed E-state index contributed by atoms with van der Waals surface area (Å²) in [5, 5.41) is 0. The first-order chi connectivity index (χ1) is 10.7. The molecule has 118 valence electrons. The maximum atomic E-state index is 6.15. The number of rotatable bonds is 8. The molecule has 0 aliphatic carbocycles. The Kier molecular flexibility index (Phi) is 6.32. The minimum atomic E-state index is 0.0152. The van der Waals surface area contributed by atoms with Crippen LogP contribution in [0.3, 0.4) is 0 Å². The number of para-hydroxylation sites is 1. The molecule has 0 spiro atoms. The Bertz CT molecular complexity index is 535. The summed E-state index contributed by atoms with van der Waals surface area (Å²) in [4.78, 5) is 2.33. The molecule has 0 saturated carbocycles. The van der Waals surface area contributed by atoms with E-state index in [0.717, 1.165) is 25.1 Å². The quantitative estimate of drug-likeness (QED) is 0.615. The van der Waals surface area contributed by atoms with Gasteiger partial charge in [0.05, 0.1) is 0 Å². The van der Waals surface area contributed by atoms with Crippen LogP contribution in [-0.4, -0.2) is 12.8 Å². The second kappa shape index (κ2) is 8.47. The maximum absolute atomic E-state index is 6.15. The number of benzene rings is 2. The van der Waals surface area contributed by atoms with E-state index in [0.29, 0.717) is 0 Å². The smallest absolute Gasteiger partial charge is 0.169 e. The molecule has 0 amide bonds. The van der Waals surface area contributed by atoms with E-state index in [1.54, 1.807) is 0 Å². The van der Waals surface area contributed by atoms with E-state index in [2.05, 4.69) is 80.3 Å². The summed E-state index contributed by atoms with van der Waals surface area (Å²) < 4.78 is 6.15. The highest BCUT2D eigenvalue weighted by molar-refractivity contribution is 5.46. The van der Waals surface area contributed by atoms with Crippen LogP contribution in [0.5, 0.6) is 5.75 Å². The van der Waals surface area contributed by atoms with Crippen molar-refractivity contribution in [3.05, 3.63) is 60.2 Å². The zero-order valence-electron chi connectivity index (χ0n) is 14.0. The summed E-state index contributed by atoms with van der Waals surface area (Å²) in [6.07, 6.45) is 3.42. The first-order valence-electron chi connectivity index (χ1n) is 8.32. The highest BCUT2D eigenvalue weighted by Crippen LogP contribution is 2.21. The van der Waals surface area contributed by atoms with Crippen molar-refractivity contribution in [3.8, 4) is 5.75 Å². The molecule has 0 aliphatic rings. The van der Waals surface area contributed by atoms with Crippen molar-refractivity contribution < 1.29 is 4.74 Å². The molecule has 2 nitrogen and oxygen atoms in total. The first kappa shape index (κ1) is 16.4. The fourth-order valence-electron chi connectivity index (χ4n) is 2.53. The Morgan fingerprint density at radius 1 is 0.955 bits per heavy atom. The first-order valence-corrected chi connectivity index (χ1v) is 8.32. The zero-order valence-corrected chi connectivity index (χ0v) is 14.0. The van der Waals surface area contributed by atoms with Crippen molar-refractivity contribution in [2.75, 3.05) is 11.4 Å². The van der Waals surface area contributed by atoms with Gasteiger partial charge in [0.25, 0.3) is 0 Å². The Morgan fingerprint density at radius 2 is 1.64 bits per heavy atom. The maximum Gasteiger partial charge on any atom is 0.169 e. The summed E-state index contributed by atoms with van der Waals surface area (Å²) in [5.41, 5.74) is 2.56. The standard InChI is InChI=1S/C20H27NO/c1-4-6-16-21(19-10-8-7-9-11-19)17(3)22-20-14-12-18(5-2)13-15-20/h7-15,17H,4-6,16H2,1-3H3. The van der Waals surface area contributed by atoms with E-state index in [1.165, 1.54) is 17.7 Å². The summed E-state index contributed by atoms with van der Waals surface area (Å²) in [6, 6.07) is 18.9. The molecule has 0 bridgehead atoms. The van der Waals surface area contributed by atoms with E-state index < -0.39 is 0 Å². The number of anilines is 1. The molecule has 0 saturated heterocycles. The van der Waals surface area contributed by atoms with Crippen LogP contribution >= 0.6 is 0 Å².